The summed E-state index contributed by atoms with van der Waals surface area (Å²) in [6.07, 6.45) is 1.52. The van der Waals surface area contributed by atoms with Gasteiger partial charge in [0.1, 0.15) is 5.75 Å². The largest absolute Gasteiger partial charge is 0.496 e. The average Bonchev–Trinajstić information content (AvgIpc) is 3.02. The van der Waals surface area contributed by atoms with Crippen LogP contribution in [0.15, 0.2) is 18.2 Å². The predicted molar refractivity (Wildman–Crippen MR) is 107 cm³/mol. The molecule has 0 saturated carbocycles. The number of amides is 1. The number of carbonyl (C=O) groups is 1. The number of benzene rings is 1. The first kappa shape index (κ1) is 20.7. The number of hydrogen-bond donors (Lipinski definition) is 1. The number of hydrogen-bond acceptors (Lipinski definition) is 5. The van der Waals surface area contributed by atoms with Gasteiger partial charge in [0.2, 0.25) is 0 Å². The molecule has 1 amide bonds. The molecule has 1 N–H and O–H groups in total. The summed E-state index contributed by atoms with van der Waals surface area (Å²) in [7, 11) is 1.69. The first-order chi connectivity index (χ1) is 13.3. The number of carboxylic acid groups (broad SMARTS) is 1. The second kappa shape index (κ2) is 8.57. The molecule has 1 aromatic carbocycles. The number of piperidine rings is 1. The molecule has 0 bridgehead atoms. The molecule has 1 atom stereocenters. The van der Waals surface area contributed by atoms with E-state index < -0.39 is 11.9 Å². The molecule has 1 unspecified atom stereocenters. The third-order valence-electron chi connectivity index (χ3n) is 5.65. The van der Waals surface area contributed by atoms with E-state index in [1.807, 2.05) is 26.0 Å². The van der Waals surface area contributed by atoms with Gasteiger partial charge in [-0.15, -0.1) is 0 Å². The van der Waals surface area contributed by atoms with Crippen LogP contribution < -0.4 is 9.64 Å². The van der Waals surface area contributed by atoms with Gasteiger partial charge < -0.3 is 29.1 Å². The summed E-state index contributed by atoms with van der Waals surface area (Å²) in [5, 5.41) is 9.22. The van der Waals surface area contributed by atoms with Crippen LogP contribution in [0.4, 0.5) is 10.5 Å². The Morgan fingerprint density at radius 1 is 1.36 bits per heavy atom. The number of likely N-dealkylation sites (tertiary alicyclic amines) is 1. The Kier molecular flexibility index (Phi) is 6.35. The minimum atomic E-state index is -0.829. The van der Waals surface area contributed by atoms with Crippen LogP contribution in [-0.2, 0) is 15.9 Å². The quantitative estimate of drug-likeness (QED) is 0.800. The van der Waals surface area contributed by atoms with Crippen LogP contribution in [0.3, 0.4) is 0 Å². The zero-order chi connectivity index (χ0) is 20.3. The van der Waals surface area contributed by atoms with Crippen LogP contribution in [0, 0.1) is 0 Å². The first-order valence-electron chi connectivity index (χ1n) is 10.1. The zero-order valence-corrected chi connectivity index (χ0v) is 17.3. The van der Waals surface area contributed by atoms with Crippen LogP contribution in [0.25, 0.3) is 0 Å². The molecular formula is C21H32N2O5. The van der Waals surface area contributed by atoms with Crippen LogP contribution in [0.5, 0.6) is 5.75 Å². The molecule has 0 spiro atoms. The smallest absolute Gasteiger partial charge is 0.407 e. The molecule has 2 aliphatic heterocycles. The summed E-state index contributed by atoms with van der Waals surface area (Å²) >= 11 is 0. The molecule has 2 heterocycles. The number of ether oxygens (including phenoxy) is 3. The zero-order valence-electron chi connectivity index (χ0n) is 17.3. The molecule has 0 aliphatic carbocycles. The maximum absolute atomic E-state index is 11.2. The Balaban J connectivity index is 1.82. The number of anilines is 1. The van der Waals surface area contributed by atoms with Crippen LogP contribution in [-0.4, -0.2) is 67.4 Å². The third kappa shape index (κ3) is 4.52. The van der Waals surface area contributed by atoms with E-state index in [4.69, 9.17) is 14.2 Å². The van der Waals surface area contributed by atoms with E-state index in [0.29, 0.717) is 32.2 Å². The van der Waals surface area contributed by atoms with Crippen molar-refractivity contribution < 1.29 is 24.1 Å². The SMILES string of the molecule is CCN(c1cccc(OC)c1CC1COC(C)(C)O1)C1CCN(C(=O)O)CC1. The minimum Gasteiger partial charge on any atom is -0.496 e. The fraction of sp³-hybridized carbons (Fsp3) is 0.667. The Labute approximate surface area is 167 Å². The highest BCUT2D eigenvalue weighted by Crippen LogP contribution is 2.36. The highest BCUT2D eigenvalue weighted by molar-refractivity contribution is 5.65. The molecule has 2 aliphatic rings. The van der Waals surface area contributed by atoms with Gasteiger partial charge in [-0.2, -0.15) is 0 Å². The van der Waals surface area contributed by atoms with Gasteiger partial charge in [-0.3, -0.25) is 0 Å². The topological polar surface area (TPSA) is 71.5 Å². The molecular weight excluding hydrogens is 360 g/mol. The van der Waals surface area contributed by atoms with Crippen molar-refractivity contribution in [3.8, 4) is 5.75 Å². The summed E-state index contributed by atoms with van der Waals surface area (Å²) in [5.74, 6) is 0.299. The lowest BCUT2D eigenvalue weighted by Gasteiger charge is -2.39. The van der Waals surface area contributed by atoms with Gasteiger partial charge in [0.25, 0.3) is 0 Å². The van der Waals surface area contributed by atoms with Crippen LogP contribution >= 0.6 is 0 Å². The lowest BCUT2D eigenvalue weighted by atomic mass is 9.98. The van der Waals surface area contributed by atoms with Crippen molar-refractivity contribution in [1.82, 2.24) is 4.90 Å². The molecule has 7 heteroatoms. The molecule has 28 heavy (non-hydrogen) atoms. The highest BCUT2D eigenvalue weighted by Gasteiger charge is 2.34. The summed E-state index contributed by atoms with van der Waals surface area (Å²) < 4.78 is 17.4. The van der Waals surface area contributed by atoms with Crippen molar-refractivity contribution in [2.45, 2.75) is 58.0 Å². The summed E-state index contributed by atoms with van der Waals surface area (Å²) in [6, 6.07) is 6.44. The van der Waals surface area contributed by atoms with Crippen molar-refractivity contribution in [2.75, 3.05) is 38.3 Å². The van der Waals surface area contributed by atoms with Gasteiger partial charge in [0, 0.05) is 43.3 Å². The monoisotopic (exact) mass is 392 g/mol. The fourth-order valence-electron chi connectivity index (χ4n) is 4.30. The van der Waals surface area contributed by atoms with Gasteiger partial charge in [-0.05, 0) is 45.7 Å². The van der Waals surface area contributed by atoms with E-state index in [0.717, 1.165) is 36.4 Å². The summed E-state index contributed by atoms with van der Waals surface area (Å²) in [4.78, 5) is 15.1. The fourth-order valence-corrected chi connectivity index (χ4v) is 4.30. The van der Waals surface area contributed by atoms with Gasteiger partial charge in [-0.25, -0.2) is 4.79 Å². The normalized spacial score (nSPS) is 22.3. The maximum Gasteiger partial charge on any atom is 0.407 e. The maximum atomic E-state index is 11.2. The van der Waals surface area contributed by atoms with E-state index in [2.05, 4.69) is 17.9 Å². The van der Waals surface area contributed by atoms with Crippen molar-refractivity contribution in [2.24, 2.45) is 0 Å². The van der Waals surface area contributed by atoms with E-state index in [9.17, 15) is 9.90 Å². The molecule has 2 fully saturated rings. The lowest BCUT2D eigenvalue weighted by molar-refractivity contribution is -0.138. The second-order valence-corrected chi connectivity index (χ2v) is 7.90. The Bertz CT molecular complexity index is 685. The Morgan fingerprint density at radius 3 is 2.61 bits per heavy atom. The van der Waals surface area contributed by atoms with E-state index in [1.54, 1.807) is 7.11 Å². The Morgan fingerprint density at radius 2 is 2.07 bits per heavy atom. The second-order valence-electron chi connectivity index (χ2n) is 7.90. The van der Waals surface area contributed by atoms with E-state index in [1.165, 1.54) is 4.90 Å². The predicted octanol–water partition coefficient (Wildman–Crippen LogP) is 3.36. The Hall–Kier alpha value is -1.99. The van der Waals surface area contributed by atoms with Crippen molar-refractivity contribution in [3.63, 3.8) is 0 Å². The molecule has 0 aromatic heterocycles. The molecule has 3 rings (SSSR count). The molecule has 7 nitrogen and oxygen atoms in total. The van der Waals surface area contributed by atoms with Gasteiger partial charge in [0.15, 0.2) is 5.79 Å². The summed E-state index contributed by atoms with van der Waals surface area (Å²) in [6.45, 7) is 8.58. The van der Waals surface area contributed by atoms with E-state index >= 15 is 0 Å². The molecule has 1 aromatic rings. The first-order valence-corrected chi connectivity index (χ1v) is 10.1. The molecule has 0 radical (unpaired) electrons. The van der Waals surface area contributed by atoms with Crippen LogP contribution in [0.1, 0.15) is 39.2 Å². The minimum absolute atomic E-state index is 0.0161. The number of nitrogens with zero attached hydrogens (tertiary/aromatic N) is 2. The van der Waals surface area contributed by atoms with Gasteiger partial charge in [-0.1, -0.05) is 6.07 Å². The molecule has 156 valence electrons. The highest BCUT2D eigenvalue weighted by atomic mass is 16.7. The van der Waals surface area contributed by atoms with E-state index in [-0.39, 0.29) is 6.10 Å². The van der Waals surface area contributed by atoms with Crippen molar-refractivity contribution in [1.29, 1.82) is 0 Å². The number of rotatable bonds is 6. The van der Waals surface area contributed by atoms with Crippen molar-refractivity contribution in [3.05, 3.63) is 23.8 Å². The third-order valence-corrected chi connectivity index (χ3v) is 5.65. The number of methoxy groups -OCH3 is 1. The summed E-state index contributed by atoms with van der Waals surface area (Å²) in [5.41, 5.74) is 2.27. The lowest BCUT2D eigenvalue weighted by Crippen LogP contribution is -2.46. The van der Waals surface area contributed by atoms with Gasteiger partial charge >= 0.3 is 6.09 Å². The van der Waals surface area contributed by atoms with Gasteiger partial charge in [0.05, 0.1) is 19.8 Å². The standard InChI is InChI=1S/C21H32N2O5/c1-5-23(15-9-11-22(12-10-15)20(24)25)18-7-6-8-19(26-4)17(18)13-16-14-27-21(2,3)28-16/h6-8,15-16H,5,9-14H2,1-4H3,(H,24,25). The van der Waals surface area contributed by atoms with Crippen molar-refractivity contribution >= 4 is 11.8 Å². The molecule has 2 saturated heterocycles. The van der Waals surface area contributed by atoms with Crippen LogP contribution in [0.2, 0.25) is 0 Å². The average molecular weight is 392 g/mol.